The second kappa shape index (κ2) is 4.86. The fourth-order valence-corrected chi connectivity index (χ4v) is 1.55. The lowest BCUT2D eigenvalue weighted by Crippen LogP contribution is -2.08. The normalized spacial score (nSPS) is 11.3. The molecule has 2 aromatic rings. The van der Waals surface area contributed by atoms with E-state index in [1.807, 2.05) is 0 Å². The van der Waals surface area contributed by atoms with Crippen LogP contribution in [0.25, 0.3) is 0 Å². The highest BCUT2D eigenvalue weighted by atomic mass is 35.5. The summed E-state index contributed by atoms with van der Waals surface area (Å²) < 4.78 is 32.0. The molecule has 0 aliphatic heterocycles. The van der Waals surface area contributed by atoms with E-state index < -0.39 is 5.92 Å². The summed E-state index contributed by atoms with van der Waals surface area (Å²) in [5.74, 6) is -2.90. The molecule has 1 heterocycles. The molecule has 2 rings (SSSR count). The summed E-state index contributed by atoms with van der Waals surface area (Å²) in [6.07, 6.45) is 2.63. The van der Waals surface area contributed by atoms with Crippen LogP contribution in [0.15, 0.2) is 36.7 Å². The number of alkyl halides is 2. The first-order valence-corrected chi connectivity index (χ1v) is 5.47. The van der Waals surface area contributed by atoms with Crippen LogP contribution in [-0.2, 0) is 5.92 Å². The minimum absolute atomic E-state index is 0.0292. The molecule has 0 spiro atoms. The molecule has 0 saturated heterocycles. The molecule has 0 unspecified atom stereocenters. The standard InChI is InChI=1S/C12H9ClF2N2O/c1-12(14,15)8-4-2-3-5-9(8)18-11-7-16-6-10(13)17-11/h2-7H,1H3. The van der Waals surface area contributed by atoms with Crippen molar-refractivity contribution in [3.8, 4) is 11.6 Å². The predicted octanol–water partition coefficient (Wildman–Crippen LogP) is 4.03. The van der Waals surface area contributed by atoms with E-state index in [-0.39, 0.29) is 22.3 Å². The Hall–Kier alpha value is -1.75. The molecule has 3 nitrogen and oxygen atoms in total. The summed E-state index contributed by atoms with van der Waals surface area (Å²) in [6.45, 7) is 0.804. The summed E-state index contributed by atoms with van der Waals surface area (Å²) in [7, 11) is 0. The fraction of sp³-hybridized carbons (Fsp3) is 0.167. The monoisotopic (exact) mass is 270 g/mol. The zero-order valence-electron chi connectivity index (χ0n) is 9.40. The summed E-state index contributed by atoms with van der Waals surface area (Å²) in [4.78, 5) is 7.59. The molecule has 0 bridgehead atoms. The Labute approximate surface area is 107 Å². The van der Waals surface area contributed by atoms with Gasteiger partial charge in [0, 0.05) is 6.92 Å². The van der Waals surface area contributed by atoms with Gasteiger partial charge in [-0.05, 0) is 12.1 Å². The third kappa shape index (κ3) is 2.92. The molecule has 0 fully saturated rings. The van der Waals surface area contributed by atoms with Crippen LogP contribution in [-0.4, -0.2) is 9.97 Å². The maximum absolute atomic E-state index is 13.4. The molecule has 94 valence electrons. The van der Waals surface area contributed by atoms with Crippen molar-refractivity contribution in [3.05, 3.63) is 47.4 Å². The lowest BCUT2D eigenvalue weighted by molar-refractivity contribution is 0.0155. The topological polar surface area (TPSA) is 35.0 Å². The highest BCUT2D eigenvalue weighted by Crippen LogP contribution is 2.35. The second-order valence-electron chi connectivity index (χ2n) is 3.67. The van der Waals surface area contributed by atoms with E-state index in [0.29, 0.717) is 0 Å². The van der Waals surface area contributed by atoms with Crippen LogP contribution < -0.4 is 4.74 Å². The third-order valence-corrected chi connectivity index (χ3v) is 2.34. The van der Waals surface area contributed by atoms with Crippen molar-refractivity contribution in [3.63, 3.8) is 0 Å². The summed E-state index contributed by atoms with van der Waals surface area (Å²) in [5.41, 5.74) is -0.216. The largest absolute Gasteiger partial charge is 0.437 e. The molecule has 0 saturated carbocycles. The van der Waals surface area contributed by atoms with E-state index in [0.717, 1.165) is 6.92 Å². The first-order valence-electron chi connectivity index (χ1n) is 5.09. The van der Waals surface area contributed by atoms with E-state index in [4.69, 9.17) is 16.3 Å². The van der Waals surface area contributed by atoms with Crippen LogP contribution in [0.2, 0.25) is 5.15 Å². The molecular formula is C12H9ClF2N2O. The first-order chi connectivity index (χ1) is 8.47. The van der Waals surface area contributed by atoms with E-state index in [2.05, 4.69) is 9.97 Å². The van der Waals surface area contributed by atoms with Crippen LogP contribution in [0.1, 0.15) is 12.5 Å². The van der Waals surface area contributed by atoms with Crippen molar-refractivity contribution < 1.29 is 13.5 Å². The van der Waals surface area contributed by atoms with Gasteiger partial charge in [-0.1, -0.05) is 23.7 Å². The van der Waals surface area contributed by atoms with Crippen molar-refractivity contribution in [1.29, 1.82) is 0 Å². The van der Waals surface area contributed by atoms with Gasteiger partial charge in [0.05, 0.1) is 18.0 Å². The lowest BCUT2D eigenvalue weighted by atomic mass is 10.1. The molecule has 0 aliphatic carbocycles. The Morgan fingerprint density at radius 2 is 1.94 bits per heavy atom. The Kier molecular flexibility index (Phi) is 3.43. The van der Waals surface area contributed by atoms with Crippen LogP contribution in [0.3, 0.4) is 0 Å². The molecule has 1 aromatic heterocycles. The average molecular weight is 271 g/mol. The van der Waals surface area contributed by atoms with Gasteiger partial charge in [0.1, 0.15) is 5.75 Å². The SMILES string of the molecule is CC(F)(F)c1ccccc1Oc1cncc(Cl)n1. The number of para-hydroxylation sites is 1. The summed E-state index contributed by atoms with van der Waals surface area (Å²) in [5, 5.41) is 0.133. The van der Waals surface area contributed by atoms with Crippen molar-refractivity contribution >= 4 is 11.6 Å². The van der Waals surface area contributed by atoms with Gasteiger partial charge in [-0.25, -0.2) is 8.78 Å². The highest BCUT2D eigenvalue weighted by Gasteiger charge is 2.28. The highest BCUT2D eigenvalue weighted by molar-refractivity contribution is 6.29. The number of aromatic nitrogens is 2. The van der Waals surface area contributed by atoms with Crippen LogP contribution in [0.5, 0.6) is 11.6 Å². The van der Waals surface area contributed by atoms with Crippen molar-refractivity contribution in [1.82, 2.24) is 9.97 Å². The minimum Gasteiger partial charge on any atom is -0.437 e. The molecule has 0 aliphatic rings. The van der Waals surface area contributed by atoms with Crippen molar-refractivity contribution in [2.45, 2.75) is 12.8 Å². The van der Waals surface area contributed by atoms with Crippen molar-refractivity contribution in [2.24, 2.45) is 0 Å². The zero-order chi connectivity index (χ0) is 13.2. The Balaban J connectivity index is 2.35. The molecule has 1 aromatic carbocycles. The molecule has 0 amide bonds. The Morgan fingerprint density at radius 1 is 1.22 bits per heavy atom. The zero-order valence-corrected chi connectivity index (χ0v) is 10.2. The number of nitrogens with zero attached hydrogens (tertiary/aromatic N) is 2. The number of ether oxygens (including phenoxy) is 1. The van der Waals surface area contributed by atoms with Gasteiger partial charge in [0.25, 0.3) is 5.92 Å². The van der Waals surface area contributed by atoms with E-state index in [1.54, 1.807) is 6.07 Å². The average Bonchev–Trinajstić information content (AvgIpc) is 2.28. The van der Waals surface area contributed by atoms with Gasteiger partial charge in [-0.3, -0.25) is 4.98 Å². The number of halogens is 3. The molecule has 0 radical (unpaired) electrons. The summed E-state index contributed by atoms with van der Waals surface area (Å²) in [6, 6.07) is 5.86. The summed E-state index contributed by atoms with van der Waals surface area (Å²) >= 11 is 5.64. The van der Waals surface area contributed by atoms with Gasteiger partial charge in [0.2, 0.25) is 5.88 Å². The van der Waals surface area contributed by atoms with Gasteiger partial charge in [-0.15, -0.1) is 0 Å². The smallest absolute Gasteiger partial charge is 0.274 e. The van der Waals surface area contributed by atoms with Gasteiger partial charge in [-0.2, -0.15) is 4.98 Å². The van der Waals surface area contributed by atoms with E-state index >= 15 is 0 Å². The van der Waals surface area contributed by atoms with E-state index in [1.165, 1.54) is 30.6 Å². The third-order valence-electron chi connectivity index (χ3n) is 2.16. The van der Waals surface area contributed by atoms with Crippen LogP contribution in [0, 0.1) is 0 Å². The van der Waals surface area contributed by atoms with Gasteiger partial charge >= 0.3 is 0 Å². The molecule has 0 N–H and O–H groups in total. The maximum atomic E-state index is 13.4. The Bertz CT molecular complexity index is 558. The van der Waals surface area contributed by atoms with E-state index in [9.17, 15) is 8.78 Å². The van der Waals surface area contributed by atoms with Crippen molar-refractivity contribution in [2.75, 3.05) is 0 Å². The predicted molar refractivity (Wildman–Crippen MR) is 63.1 cm³/mol. The maximum Gasteiger partial charge on any atom is 0.274 e. The second-order valence-corrected chi connectivity index (χ2v) is 4.05. The number of hydrogen-bond acceptors (Lipinski definition) is 3. The molecular weight excluding hydrogens is 262 g/mol. The number of rotatable bonds is 3. The van der Waals surface area contributed by atoms with Gasteiger partial charge in [0.15, 0.2) is 5.15 Å². The first kappa shape index (κ1) is 12.7. The Morgan fingerprint density at radius 3 is 2.61 bits per heavy atom. The molecule has 18 heavy (non-hydrogen) atoms. The van der Waals surface area contributed by atoms with Crippen LogP contribution >= 0.6 is 11.6 Å². The van der Waals surface area contributed by atoms with Gasteiger partial charge < -0.3 is 4.74 Å². The number of hydrogen-bond donors (Lipinski definition) is 0. The lowest BCUT2D eigenvalue weighted by Gasteiger charge is -2.15. The fourth-order valence-electron chi connectivity index (χ4n) is 1.41. The quantitative estimate of drug-likeness (QED) is 0.844. The molecule has 6 heteroatoms. The number of benzene rings is 1. The minimum atomic E-state index is -3.00. The van der Waals surface area contributed by atoms with Crippen LogP contribution in [0.4, 0.5) is 8.78 Å². The molecule has 0 atom stereocenters.